The summed E-state index contributed by atoms with van der Waals surface area (Å²) in [4.78, 5) is 24.5. The molecule has 5 nitrogen and oxygen atoms in total. The van der Waals surface area contributed by atoms with Gasteiger partial charge in [0.25, 0.3) is 5.91 Å². The molecule has 1 aliphatic heterocycles. The molecule has 1 saturated heterocycles. The van der Waals surface area contributed by atoms with Gasteiger partial charge in [0.05, 0.1) is 0 Å². The van der Waals surface area contributed by atoms with E-state index < -0.39 is 5.97 Å². The molecule has 2 rings (SSSR count). The third kappa shape index (κ3) is 3.47. The number of carbonyl (C=O) groups excluding carboxylic acids is 1. The molecule has 102 valence electrons. The number of nitrogens with zero attached hydrogens (tertiary/aromatic N) is 1. The summed E-state index contributed by atoms with van der Waals surface area (Å²) >= 11 is 0. The highest BCUT2D eigenvalue weighted by molar-refractivity contribution is 5.94. The van der Waals surface area contributed by atoms with Crippen molar-refractivity contribution < 1.29 is 14.7 Å². The van der Waals surface area contributed by atoms with Crippen molar-refractivity contribution in [3.63, 3.8) is 0 Å². The highest BCUT2D eigenvalue weighted by Gasteiger charge is 2.27. The quantitative estimate of drug-likeness (QED) is 0.807. The van der Waals surface area contributed by atoms with E-state index >= 15 is 0 Å². The maximum atomic E-state index is 12.2. The monoisotopic (exact) mass is 262 g/mol. The number of carboxylic acids is 1. The van der Waals surface area contributed by atoms with Crippen LogP contribution in [-0.4, -0.2) is 35.0 Å². The largest absolute Gasteiger partial charge is 0.481 e. The molecule has 1 heterocycles. The molecule has 19 heavy (non-hydrogen) atoms. The number of aliphatic carboxylic acids is 1. The average molecular weight is 262 g/mol. The van der Waals surface area contributed by atoms with E-state index in [1.54, 1.807) is 29.2 Å². The van der Waals surface area contributed by atoms with Gasteiger partial charge in [-0.2, -0.15) is 0 Å². The number of carbonyl (C=O) groups is 2. The Balaban J connectivity index is 1.91. The number of nitrogens with two attached hydrogens (primary N) is 1. The van der Waals surface area contributed by atoms with E-state index in [0.29, 0.717) is 36.7 Å². The summed E-state index contributed by atoms with van der Waals surface area (Å²) in [7, 11) is 0. The molecule has 0 aromatic heterocycles. The molecule has 0 bridgehead atoms. The van der Waals surface area contributed by atoms with Gasteiger partial charge in [-0.05, 0) is 43.0 Å². The Kier molecular flexibility index (Phi) is 4.04. The van der Waals surface area contributed by atoms with Gasteiger partial charge in [0, 0.05) is 30.8 Å². The number of likely N-dealkylation sites (tertiary alicyclic amines) is 1. The Labute approximate surface area is 112 Å². The maximum Gasteiger partial charge on any atom is 0.303 e. The van der Waals surface area contributed by atoms with Gasteiger partial charge in [-0.3, -0.25) is 9.59 Å². The van der Waals surface area contributed by atoms with Crippen LogP contribution in [0.15, 0.2) is 24.3 Å². The molecule has 1 aromatic carbocycles. The molecule has 1 atom stereocenters. The van der Waals surface area contributed by atoms with Crippen LogP contribution in [0.2, 0.25) is 0 Å². The fourth-order valence-corrected chi connectivity index (χ4v) is 2.39. The summed E-state index contributed by atoms with van der Waals surface area (Å²) in [5, 5.41) is 8.66. The van der Waals surface area contributed by atoms with E-state index in [0.717, 1.165) is 6.42 Å². The second kappa shape index (κ2) is 5.73. The topological polar surface area (TPSA) is 83.6 Å². The molecule has 1 unspecified atom stereocenters. The number of benzene rings is 1. The van der Waals surface area contributed by atoms with Gasteiger partial charge in [0.2, 0.25) is 0 Å². The summed E-state index contributed by atoms with van der Waals surface area (Å²) in [5.41, 5.74) is 6.86. The van der Waals surface area contributed by atoms with E-state index in [4.69, 9.17) is 10.8 Å². The van der Waals surface area contributed by atoms with Crippen LogP contribution < -0.4 is 5.73 Å². The summed E-state index contributed by atoms with van der Waals surface area (Å²) in [5.74, 6) is -0.477. The zero-order valence-corrected chi connectivity index (χ0v) is 10.7. The highest BCUT2D eigenvalue weighted by atomic mass is 16.4. The third-order valence-corrected chi connectivity index (χ3v) is 3.50. The molecule has 1 aliphatic rings. The van der Waals surface area contributed by atoms with Gasteiger partial charge in [-0.25, -0.2) is 0 Å². The van der Waals surface area contributed by atoms with Crippen LogP contribution in [0.1, 0.15) is 29.6 Å². The molecular formula is C14H18N2O3. The lowest BCUT2D eigenvalue weighted by atomic mass is 10.0. The first-order valence-corrected chi connectivity index (χ1v) is 6.43. The molecule has 0 spiro atoms. The van der Waals surface area contributed by atoms with Crippen LogP contribution in [0.25, 0.3) is 0 Å². The van der Waals surface area contributed by atoms with Crippen LogP contribution in [0, 0.1) is 5.92 Å². The Hall–Kier alpha value is -2.04. The summed E-state index contributed by atoms with van der Waals surface area (Å²) in [6.07, 6.45) is 1.70. The van der Waals surface area contributed by atoms with E-state index in [-0.39, 0.29) is 12.3 Å². The Morgan fingerprint density at radius 3 is 2.63 bits per heavy atom. The van der Waals surface area contributed by atoms with Gasteiger partial charge >= 0.3 is 5.97 Å². The SMILES string of the molecule is Nc1ccc(C(=O)N2CCC(CCC(=O)O)C2)cc1. The van der Waals surface area contributed by atoms with Crippen LogP contribution in [0.3, 0.4) is 0 Å². The first kappa shape index (κ1) is 13.4. The molecule has 0 aliphatic carbocycles. The number of rotatable bonds is 4. The Bertz CT molecular complexity index is 470. The van der Waals surface area contributed by atoms with E-state index in [1.807, 2.05) is 0 Å². The Morgan fingerprint density at radius 1 is 1.32 bits per heavy atom. The van der Waals surface area contributed by atoms with Crippen molar-refractivity contribution in [1.29, 1.82) is 0 Å². The van der Waals surface area contributed by atoms with Gasteiger partial charge in [-0.1, -0.05) is 0 Å². The molecule has 1 fully saturated rings. The first-order chi connectivity index (χ1) is 9.06. The smallest absolute Gasteiger partial charge is 0.303 e. The molecule has 0 radical (unpaired) electrons. The second-order valence-corrected chi connectivity index (χ2v) is 4.96. The lowest BCUT2D eigenvalue weighted by Crippen LogP contribution is -2.28. The molecule has 1 amide bonds. The van der Waals surface area contributed by atoms with Crippen molar-refractivity contribution >= 4 is 17.6 Å². The molecular weight excluding hydrogens is 244 g/mol. The van der Waals surface area contributed by atoms with Crippen molar-refractivity contribution in [2.75, 3.05) is 18.8 Å². The fraction of sp³-hybridized carbons (Fsp3) is 0.429. The summed E-state index contributed by atoms with van der Waals surface area (Å²) in [6.45, 7) is 1.35. The maximum absolute atomic E-state index is 12.2. The predicted octanol–water partition coefficient (Wildman–Crippen LogP) is 1.60. The zero-order valence-electron chi connectivity index (χ0n) is 10.7. The number of hydrogen-bond donors (Lipinski definition) is 2. The lowest BCUT2D eigenvalue weighted by molar-refractivity contribution is -0.137. The first-order valence-electron chi connectivity index (χ1n) is 6.43. The van der Waals surface area contributed by atoms with E-state index in [2.05, 4.69) is 0 Å². The van der Waals surface area contributed by atoms with Crippen LogP contribution in [0.5, 0.6) is 0 Å². The third-order valence-electron chi connectivity index (χ3n) is 3.50. The van der Waals surface area contributed by atoms with Crippen molar-refractivity contribution in [2.24, 2.45) is 5.92 Å². The number of hydrogen-bond acceptors (Lipinski definition) is 3. The van der Waals surface area contributed by atoms with Crippen molar-refractivity contribution in [3.8, 4) is 0 Å². The van der Waals surface area contributed by atoms with Gasteiger partial charge < -0.3 is 15.7 Å². The van der Waals surface area contributed by atoms with Gasteiger partial charge in [-0.15, -0.1) is 0 Å². The zero-order chi connectivity index (χ0) is 13.8. The molecule has 0 saturated carbocycles. The molecule has 5 heteroatoms. The van der Waals surface area contributed by atoms with Crippen molar-refractivity contribution in [2.45, 2.75) is 19.3 Å². The minimum atomic E-state index is -0.775. The normalized spacial score (nSPS) is 18.5. The van der Waals surface area contributed by atoms with E-state index in [9.17, 15) is 9.59 Å². The second-order valence-electron chi connectivity index (χ2n) is 4.96. The van der Waals surface area contributed by atoms with Crippen molar-refractivity contribution in [1.82, 2.24) is 4.90 Å². The van der Waals surface area contributed by atoms with Crippen LogP contribution in [-0.2, 0) is 4.79 Å². The van der Waals surface area contributed by atoms with Gasteiger partial charge in [0.15, 0.2) is 0 Å². The number of nitrogen functional groups attached to an aromatic ring is 1. The summed E-state index contributed by atoms with van der Waals surface area (Å²) < 4.78 is 0. The number of amides is 1. The predicted molar refractivity (Wildman–Crippen MR) is 71.7 cm³/mol. The number of carboxylic acid groups (broad SMARTS) is 1. The minimum absolute atomic E-state index is 0.00201. The standard InChI is InChI=1S/C14H18N2O3/c15-12-4-2-11(3-5-12)14(19)16-8-7-10(9-16)1-6-13(17)18/h2-5,10H,1,6-9,15H2,(H,17,18). The van der Waals surface area contributed by atoms with Crippen LogP contribution >= 0.6 is 0 Å². The Morgan fingerprint density at radius 2 is 2.00 bits per heavy atom. The van der Waals surface area contributed by atoms with E-state index in [1.165, 1.54) is 0 Å². The summed E-state index contributed by atoms with van der Waals surface area (Å²) in [6, 6.07) is 6.88. The minimum Gasteiger partial charge on any atom is -0.481 e. The molecule has 3 N–H and O–H groups in total. The highest BCUT2D eigenvalue weighted by Crippen LogP contribution is 2.22. The van der Waals surface area contributed by atoms with Gasteiger partial charge in [0.1, 0.15) is 0 Å². The lowest BCUT2D eigenvalue weighted by Gasteiger charge is -2.16. The average Bonchev–Trinajstić information content (AvgIpc) is 2.85. The fourth-order valence-electron chi connectivity index (χ4n) is 2.39. The molecule has 1 aromatic rings. The van der Waals surface area contributed by atoms with Crippen molar-refractivity contribution in [3.05, 3.63) is 29.8 Å². The van der Waals surface area contributed by atoms with Crippen LogP contribution in [0.4, 0.5) is 5.69 Å². The number of anilines is 1.